The van der Waals surface area contributed by atoms with Gasteiger partial charge in [0.15, 0.2) is 0 Å². The molecule has 58 heavy (non-hydrogen) atoms. The minimum atomic E-state index is -1.05. The molecule has 2 aromatic carbocycles. The molecule has 2 fully saturated rings. The summed E-state index contributed by atoms with van der Waals surface area (Å²) in [6, 6.07) is 7.89. The Morgan fingerprint density at radius 3 is 2.40 bits per heavy atom. The molecule has 16 nitrogen and oxygen atoms in total. The predicted molar refractivity (Wildman–Crippen MR) is 212 cm³/mol. The first-order valence-corrected chi connectivity index (χ1v) is 19.5. The zero-order chi connectivity index (χ0) is 41.1. The molecule has 1 atom stereocenters. The Balaban J connectivity index is 0.783. The van der Waals surface area contributed by atoms with Crippen LogP contribution in [0.25, 0.3) is 11.6 Å². The number of hydrogen-bond acceptors (Lipinski definition) is 10. The molecule has 6 N–H and O–H groups in total. The second kappa shape index (κ2) is 17.1. The molecule has 0 spiro atoms. The van der Waals surface area contributed by atoms with Crippen LogP contribution in [0, 0.1) is 19.7 Å². The number of aryl methyl sites for hydroxylation is 1. The lowest BCUT2D eigenvalue weighted by Gasteiger charge is -2.34. The van der Waals surface area contributed by atoms with Gasteiger partial charge in [0.25, 0.3) is 23.6 Å². The molecule has 0 saturated carbocycles. The van der Waals surface area contributed by atoms with Crippen LogP contribution in [0.15, 0.2) is 36.4 Å². The van der Waals surface area contributed by atoms with Crippen molar-refractivity contribution in [2.24, 2.45) is 0 Å². The molecule has 3 aromatic rings. The lowest BCUT2D eigenvalue weighted by Crippen LogP contribution is -2.54. The molecule has 0 aliphatic carbocycles. The molecule has 0 radical (unpaired) electrons. The molecule has 1 aromatic heterocycles. The Morgan fingerprint density at radius 2 is 1.64 bits per heavy atom. The van der Waals surface area contributed by atoms with Crippen LogP contribution in [0.1, 0.15) is 79.3 Å². The molecule has 304 valence electrons. The summed E-state index contributed by atoms with van der Waals surface area (Å²) >= 11 is 0. The third-order valence-electron chi connectivity index (χ3n) is 11.0. The number of hydrogen-bond donors (Lipinski definition) is 6. The highest BCUT2D eigenvalue weighted by atomic mass is 19.1. The molecule has 5 heterocycles. The van der Waals surface area contributed by atoms with Crippen LogP contribution in [-0.4, -0.2) is 126 Å². The summed E-state index contributed by atoms with van der Waals surface area (Å²) in [5.41, 5.74) is 4.60. The molecule has 7 amide bonds. The molecule has 7 rings (SSSR count). The second-order valence-corrected chi connectivity index (χ2v) is 14.9. The van der Waals surface area contributed by atoms with Gasteiger partial charge >= 0.3 is 0 Å². The number of imide groups is 2. The summed E-state index contributed by atoms with van der Waals surface area (Å²) in [4.78, 5) is 97.4. The maximum absolute atomic E-state index is 13.9. The van der Waals surface area contributed by atoms with E-state index in [1.807, 2.05) is 13.8 Å². The fraction of sp³-hybridized carbons (Fsp3) is 0.390. The third kappa shape index (κ3) is 8.40. The predicted octanol–water partition coefficient (Wildman–Crippen LogP) is 2.02. The van der Waals surface area contributed by atoms with Crippen molar-refractivity contribution in [1.29, 1.82) is 0 Å². The summed E-state index contributed by atoms with van der Waals surface area (Å²) in [7, 11) is 0. The van der Waals surface area contributed by atoms with Crippen LogP contribution in [0.4, 0.5) is 15.8 Å². The van der Waals surface area contributed by atoms with E-state index >= 15 is 0 Å². The van der Waals surface area contributed by atoms with Gasteiger partial charge in [-0.15, -0.1) is 0 Å². The van der Waals surface area contributed by atoms with E-state index in [1.165, 1.54) is 24.3 Å². The number of anilines is 2. The standard InChI is InChI=1S/C41H46FN9O7/c1-23-31(22-28-27-21-25(42)7-8-29(27)47-37(28)54)46-24(2)35(23)39(56)45-12-4-15-49-17-19-50(20-18-49)16-14-44-33(52)11-13-43-30-6-3-5-26-36(30)41(58)51(40(26)57)32-9-10-34(53)48-38(32)55/h3,5-8,21-22,32,43,46H,4,9-20H2,1-2H3,(H,44,52)(H,45,56)(H,47,54)(H,48,53,55)/b28-22-. The van der Waals surface area contributed by atoms with Gasteiger partial charge < -0.3 is 31.2 Å². The monoisotopic (exact) mass is 795 g/mol. The van der Waals surface area contributed by atoms with E-state index in [1.54, 1.807) is 18.2 Å². The van der Waals surface area contributed by atoms with Crippen LogP contribution in [0.3, 0.4) is 0 Å². The quantitative estimate of drug-likeness (QED) is 0.0796. The van der Waals surface area contributed by atoms with Crippen molar-refractivity contribution in [3.8, 4) is 0 Å². The van der Waals surface area contributed by atoms with E-state index < -0.39 is 35.5 Å². The summed E-state index contributed by atoms with van der Waals surface area (Å²) in [5.74, 6) is -3.43. The van der Waals surface area contributed by atoms with Crippen molar-refractivity contribution in [3.63, 3.8) is 0 Å². The lowest BCUT2D eigenvalue weighted by molar-refractivity contribution is -0.136. The fourth-order valence-corrected chi connectivity index (χ4v) is 7.95. The number of amides is 7. The van der Waals surface area contributed by atoms with Crippen LogP contribution in [0.2, 0.25) is 0 Å². The van der Waals surface area contributed by atoms with Gasteiger partial charge in [-0.3, -0.25) is 48.7 Å². The third-order valence-corrected chi connectivity index (χ3v) is 11.0. The van der Waals surface area contributed by atoms with Gasteiger partial charge in [0, 0.05) is 93.5 Å². The Kier molecular flexibility index (Phi) is 11.8. The highest BCUT2D eigenvalue weighted by Crippen LogP contribution is 2.35. The maximum atomic E-state index is 13.9. The van der Waals surface area contributed by atoms with Crippen LogP contribution in [-0.2, 0) is 19.2 Å². The van der Waals surface area contributed by atoms with Gasteiger partial charge in [-0.05, 0) is 75.2 Å². The largest absolute Gasteiger partial charge is 0.384 e. The topological polar surface area (TPSA) is 205 Å². The molecule has 0 bridgehead atoms. The van der Waals surface area contributed by atoms with Crippen molar-refractivity contribution >= 4 is 64.4 Å². The SMILES string of the molecule is Cc1[nH]c(/C=C2\C(=O)Nc3ccc(F)cc32)c(C)c1C(=O)NCCCN1CCN(CCNC(=O)CCNc2cccc3c2C(=O)N(C2CCC(=O)NC2=O)C3=O)CC1. The van der Waals surface area contributed by atoms with E-state index in [9.17, 15) is 38.0 Å². The van der Waals surface area contributed by atoms with Crippen molar-refractivity contribution in [3.05, 3.63) is 81.4 Å². The lowest BCUT2D eigenvalue weighted by atomic mass is 10.0. The summed E-state index contributed by atoms with van der Waals surface area (Å²) in [5, 5.41) is 14.0. The van der Waals surface area contributed by atoms with Gasteiger partial charge in [-0.2, -0.15) is 0 Å². The minimum absolute atomic E-state index is 0.0369. The normalized spacial score (nSPS) is 18.9. The Hall–Kier alpha value is -6.20. The number of halogens is 1. The first kappa shape index (κ1) is 40.0. The van der Waals surface area contributed by atoms with Gasteiger partial charge in [0.05, 0.1) is 22.3 Å². The maximum Gasteiger partial charge on any atom is 0.264 e. The number of fused-ring (bicyclic) bond motifs is 2. The zero-order valence-corrected chi connectivity index (χ0v) is 32.4. The fourth-order valence-electron chi connectivity index (χ4n) is 7.95. The molecule has 1 unspecified atom stereocenters. The average Bonchev–Trinajstić information content (AvgIpc) is 3.76. The number of piperidine rings is 1. The van der Waals surface area contributed by atoms with E-state index in [4.69, 9.17) is 0 Å². The molecule has 2 saturated heterocycles. The minimum Gasteiger partial charge on any atom is -0.384 e. The summed E-state index contributed by atoms with van der Waals surface area (Å²) < 4.78 is 13.9. The van der Waals surface area contributed by atoms with Crippen LogP contribution in [0.5, 0.6) is 0 Å². The number of aromatic amines is 1. The van der Waals surface area contributed by atoms with Gasteiger partial charge in [0.2, 0.25) is 17.7 Å². The number of H-pyrrole nitrogens is 1. The van der Waals surface area contributed by atoms with Crippen molar-refractivity contribution in [2.45, 2.75) is 45.6 Å². The first-order valence-electron chi connectivity index (χ1n) is 19.5. The van der Waals surface area contributed by atoms with E-state index in [2.05, 4.69) is 41.4 Å². The summed E-state index contributed by atoms with van der Waals surface area (Å²) in [6.45, 7) is 9.78. The zero-order valence-electron chi connectivity index (χ0n) is 32.4. The van der Waals surface area contributed by atoms with E-state index in [0.717, 1.165) is 44.0 Å². The molecule has 4 aliphatic heterocycles. The highest BCUT2D eigenvalue weighted by molar-refractivity contribution is 6.35. The second-order valence-electron chi connectivity index (χ2n) is 14.9. The number of benzene rings is 2. The summed E-state index contributed by atoms with van der Waals surface area (Å²) in [6.07, 6.45) is 2.68. The van der Waals surface area contributed by atoms with E-state index in [0.29, 0.717) is 64.7 Å². The number of nitrogens with zero attached hydrogens (tertiary/aromatic N) is 3. The van der Waals surface area contributed by atoms with Crippen LogP contribution < -0.4 is 26.6 Å². The molecular formula is C41H46FN9O7. The number of aromatic nitrogens is 1. The van der Waals surface area contributed by atoms with Crippen molar-refractivity contribution in [1.82, 2.24) is 35.6 Å². The number of piperazine rings is 1. The number of nitrogens with one attached hydrogen (secondary N) is 6. The Morgan fingerprint density at radius 1 is 0.879 bits per heavy atom. The highest BCUT2D eigenvalue weighted by Gasteiger charge is 2.45. The van der Waals surface area contributed by atoms with Crippen molar-refractivity contribution < 1.29 is 38.0 Å². The number of carbonyl (C=O) groups excluding carboxylic acids is 7. The number of rotatable bonds is 14. The van der Waals surface area contributed by atoms with Gasteiger partial charge in [0.1, 0.15) is 11.9 Å². The smallest absolute Gasteiger partial charge is 0.264 e. The van der Waals surface area contributed by atoms with Gasteiger partial charge in [-0.1, -0.05) is 6.07 Å². The Bertz CT molecular complexity index is 2230. The van der Waals surface area contributed by atoms with Crippen LogP contribution >= 0.6 is 0 Å². The number of carbonyl (C=O) groups is 7. The Labute approximate surface area is 333 Å². The molecule has 4 aliphatic rings. The molecular weight excluding hydrogens is 750 g/mol. The first-order chi connectivity index (χ1) is 27.9. The van der Waals surface area contributed by atoms with Gasteiger partial charge in [-0.25, -0.2) is 4.39 Å². The average molecular weight is 796 g/mol. The molecule has 17 heteroatoms. The van der Waals surface area contributed by atoms with E-state index in [-0.39, 0.29) is 54.7 Å². The van der Waals surface area contributed by atoms with Crippen molar-refractivity contribution in [2.75, 3.05) is 69.5 Å².